The fourth-order valence-corrected chi connectivity index (χ4v) is 2.62. The predicted octanol–water partition coefficient (Wildman–Crippen LogP) is 3.86. The van der Waals surface area contributed by atoms with Crippen LogP contribution >= 0.6 is 15.9 Å². The minimum atomic E-state index is 0.956. The molecule has 1 heterocycles. The second-order valence-electron chi connectivity index (χ2n) is 4.70. The second kappa shape index (κ2) is 5.67. The highest BCUT2D eigenvalue weighted by atomic mass is 79.9. The van der Waals surface area contributed by atoms with Crippen molar-refractivity contribution >= 4 is 21.7 Å². The molecule has 0 bridgehead atoms. The van der Waals surface area contributed by atoms with Crippen LogP contribution in [0.2, 0.25) is 0 Å². The third-order valence-corrected chi connectivity index (χ3v) is 3.92. The summed E-state index contributed by atoms with van der Waals surface area (Å²) in [7, 11) is 2.13. The van der Waals surface area contributed by atoms with E-state index in [1.807, 2.05) is 6.20 Å². The van der Waals surface area contributed by atoms with Gasteiger partial charge in [-0.15, -0.1) is 0 Å². The molecule has 0 aliphatic heterocycles. The third kappa shape index (κ3) is 3.21. The number of hydrogen-bond acceptors (Lipinski definition) is 2. The van der Waals surface area contributed by atoms with Crippen molar-refractivity contribution in [1.29, 1.82) is 0 Å². The summed E-state index contributed by atoms with van der Waals surface area (Å²) in [6, 6.07) is 4.12. The van der Waals surface area contributed by atoms with E-state index in [-0.39, 0.29) is 0 Å². The topological polar surface area (TPSA) is 16.1 Å². The summed E-state index contributed by atoms with van der Waals surface area (Å²) >= 11 is 3.41. The first-order valence-corrected chi connectivity index (χ1v) is 6.87. The molecule has 0 atom stereocenters. The van der Waals surface area contributed by atoms with Crippen LogP contribution in [0.5, 0.6) is 0 Å². The molecule has 1 aliphatic carbocycles. The monoisotopic (exact) mass is 282 g/mol. The fourth-order valence-electron chi connectivity index (χ4n) is 2.38. The summed E-state index contributed by atoms with van der Waals surface area (Å²) in [4.78, 5) is 6.66. The Balaban J connectivity index is 1.82. The van der Waals surface area contributed by atoms with Crippen molar-refractivity contribution < 1.29 is 0 Å². The number of pyridine rings is 1. The van der Waals surface area contributed by atoms with Gasteiger partial charge in [0, 0.05) is 24.3 Å². The lowest BCUT2D eigenvalue weighted by atomic mass is 10.0. The first-order valence-electron chi connectivity index (χ1n) is 6.08. The molecule has 0 amide bonds. The third-order valence-electron chi connectivity index (χ3n) is 3.45. The van der Waals surface area contributed by atoms with Crippen molar-refractivity contribution in [3.8, 4) is 0 Å². The zero-order valence-corrected chi connectivity index (χ0v) is 11.4. The highest BCUT2D eigenvalue weighted by molar-refractivity contribution is 9.10. The van der Waals surface area contributed by atoms with Crippen molar-refractivity contribution in [3.05, 3.63) is 22.8 Å². The second-order valence-corrected chi connectivity index (χ2v) is 5.61. The smallest absolute Gasteiger partial charge is 0.128 e. The molecule has 2 rings (SSSR count). The molecular weight excluding hydrogens is 264 g/mol. The average Bonchev–Trinajstić information content (AvgIpc) is 2.80. The van der Waals surface area contributed by atoms with Crippen LogP contribution in [-0.4, -0.2) is 18.6 Å². The molecule has 1 aromatic rings. The lowest BCUT2D eigenvalue weighted by Crippen LogP contribution is -2.21. The molecule has 1 aromatic heterocycles. The maximum atomic E-state index is 4.40. The van der Waals surface area contributed by atoms with Crippen LogP contribution in [0.25, 0.3) is 0 Å². The van der Waals surface area contributed by atoms with Gasteiger partial charge in [-0.1, -0.05) is 25.7 Å². The zero-order valence-electron chi connectivity index (χ0n) is 9.82. The number of halogens is 1. The van der Waals surface area contributed by atoms with Gasteiger partial charge in [0.1, 0.15) is 5.82 Å². The largest absolute Gasteiger partial charge is 0.360 e. The molecule has 88 valence electrons. The van der Waals surface area contributed by atoms with E-state index >= 15 is 0 Å². The van der Waals surface area contributed by atoms with E-state index in [1.54, 1.807) is 0 Å². The lowest BCUT2D eigenvalue weighted by Gasteiger charge is -2.20. The van der Waals surface area contributed by atoms with Crippen molar-refractivity contribution in [2.75, 3.05) is 18.5 Å². The van der Waals surface area contributed by atoms with Crippen LogP contribution in [0.3, 0.4) is 0 Å². The Morgan fingerprint density at radius 1 is 1.38 bits per heavy atom. The lowest BCUT2D eigenvalue weighted by molar-refractivity contribution is 0.504. The fraction of sp³-hybridized carbons (Fsp3) is 0.615. The van der Waals surface area contributed by atoms with Gasteiger partial charge in [0.25, 0.3) is 0 Å². The number of aromatic nitrogens is 1. The summed E-state index contributed by atoms with van der Waals surface area (Å²) in [5.74, 6) is 2.03. The Morgan fingerprint density at radius 3 is 2.75 bits per heavy atom. The molecule has 1 fully saturated rings. The Bertz CT molecular complexity index is 317. The normalized spacial score (nSPS) is 16.6. The van der Waals surface area contributed by atoms with Gasteiger partial charge in [0.05, 0.1) is 0 Å². The number of anilines is 1. The van der Waals surface area contributed by atoms with Crippen molar-refractivity contribution in [3.63, 3.8) is 0 Å². The maximum absolute atomic E-state index is 4.40. The van der Waals surface area contributed by atoms with Crippen LogP contribution in [0.1, 0.15) is 32.1 Å². The standard InChI is InChI=1S/C13H19BrN2/c1-16(9-8-11-4-2-3-5-11)13-7-6-12(14)10-15-13/h6-7,10-11H,2-5,8-9H2,1H3. The Labute approximate surface area is 106 Å². The molecule has 2 nitrogen and oxygen atoms in total. The molecule has 0 aromatic carbocycles. The first-order chi connectivity index (χ1) is 7.75. The van der Waals surface area contributed by atoms with Crippen LogP contribution in [0.4, 0.5) is 5.82 Å². The van der Waals surface area contributed by atoms with Crippen LogP contribution < -0.4 is 4.90 Å². The van der Waals surface area contributed by atoms with E-state index in [4.69, 9.17) is 0 Å². The van der Waals surface area contributed by atoms with Gasteiger partial charge in [-0.3, -0.25) is 0 Å². The summed E-state index contributed by atoms with van der Waals surface area (Å²) < 4.78 is 1.04. The van der Waals surface area contributed by atoms with E-state index in [2.05, 4.69) is 45.0 Å². The maximum Gasteiger partial charge on any atom is 0.128 e. The van der Waals surface area contributed by atoms with Crippen LogP contribution in [-0.2, 0) is 0 Å². The molecule has 0 unspecified atom stereocenters. The van der Waals surface area contributed by atoms with Gasteiger partial charge in [-0.05, 0) is 40.4 Å². The minimum Gasteiger partial charge on any atom is -0.360 e. The van der Waals surface area contributed by atoms with Crippen LogP contribution in [0.15, 0.2) is 22.8 Å². The van der Waals surface area contributed by atoms with Gasteiger partial charge in [-0.25, -0.2) is 4.98 Å². The molecule has 3 heteroatoms. The zero-order chi connectivity index (χ0) is 11.4. The van der Waals surface area contributed by atoms with Gasteiger partial charge >= 0.3 is 0 Å². The summed E-state index contributed by atoms with van der Waals surface area (Å²) in [6.07, 6.45) is 8.91. The number of hydrogen-bond donors (Lipinski definition) is 0. The van der Waals surface area contributed by atoms with Gasteiger partial charge in [-0.2, -0.15) is 0 Å². The van der Waals surface area contributed by atoms with Crippen LogP contribution in [0, 0.1) is 5.92 Å². The molecule has 0 spiro atoms. The highest BCUT2D eigenvalue weighted by Gasteiger charge is 2.15. The molecule has 0 radical (unpaired) electrons. The number of rotatable bonds is 4. The van der Waals surface area contributed by atoms with E-state index in [1.165, 1.54) is 32.1 Å². The summed E-state index contributed by atoms with van der Waals surface area (Å²) in [5, 5.41) is 0. The Kier molecular flexibility index (Phi) is 4.22. The number of nitrogens with zero attached hydrogens (tertiary/aromatic N) is 2. The van der Waals surface area contributed by atoms with Gasteiger partial charge in [0.2, 0.25) is 0 Å². The molecule has 0 N–H and O–H groups in total. The quantitative estimate of drug-likeness (QED) is 0.834. The van der Waals surface area contributed by atoms with Crippen molar-refractivity contribution in [2.24, 2.45) is 5.92 Å². The molecular formula is C13H19BrN2. The van der Waals surface area contributed by atoms with E-state index in [0.29, 0.717) is 0 Å². The first kappa shape index (κ1) is 11.9. The summed E-state index contributed by atoms with van der Waals surface area (Å²) in [6.45, 7) is 1.12. The molecule has 0 saturated heterocycles. The van der Waals surface area contributed by atoms with E-state index in [0.717, 1.165) is 22.8 Å². The Morgan fingerprint density at radius 2 is 2.12 bits per heavy atom. The van der Waals surface area contributed by atoms with E-state index in [9.17, 15) is 0 Å². The predicted molar refractivity (Wildman–Crippen MR) is 71.8 cm³/mol. The minimum absolute atomic E-state index is 0.956. The summed E-state index contributed by atoms with van der Waals surface area (Å²) in [5.41, 5.74) is 0. The average molecular weight is 283 g/mol. The van der Waals surface area contributed by atoms with E-state index < -0.39 is 0 Å². The Hall–Kier alpha value is -0.570. The van der Waals surface area contributed by atoms with Gasteiger partial charge in [0.15, 0.2) is 0 Å². The highest BCUT2D eigenvalue weighted by Crippen LogP contribution is 2.27. The molecule has 1 aliphatic rings. The van der Waals surface area contributed by atoms with Crippen molar-refractivity contribution in [2.45, 2.75) is 32.1 Å². The van der Waals surface area contributed by atoms with Gasteiger partial charge < -0.3 is 4.90 Å². The molecule has 1 saturated carbocycles. The molecule has 16 heavy (non-hydrogen) atoms. The SMILES string of the molecule is CN(CCC1CCCC1)c1ccc(Br)cn1. The van der Waals surface area contributed by atoms with Crippen molar-refractivity contribution in [1.82, 2.24) is 4.98 Å².